The van der Waals surface area contributed by atoms with Crippen LogP contribution in [0.5, 0.6) is 5.75 Å². The zero-order valence-corrected chi connectivity index (χ0v) is 18.4. The summed E-state index contributed by atoms with van der Waals surface area (Å²) < 4.78 is 33.1. The van der Waals surface area contributed by atoms with Crippen molar-refractivity contribution >= 4 is 21.6 Å². The maximum atomic E-state index is 12.8. The summed E-state index contributed by atoms with van der Waals surface area (Å²) in [5.74, 6) is 0.511. The highest BCUT2D eigenvalue weighted by Gasteiger charge is 2.29. The molecule has 1 saturated heterocycles. The Balaban J connectivity index is 1.56. The molecule has 30 heavy (non-hydrogen) atoms. The first-order valence-corrected chi connectivity index (χ1v) is 11.6. The number of nitrogens with one attached hydrogen (secondary N) is 2. The van der Waals surface area contributed by atoms with Gasteiger partial charge in [0.2, 0.25) is 15.9 Å². The molecule has 2 aromatic carbocycles. The van der Waals surface area contributed by atoms with Gasteiger partial charge in [-0.25, -0.2) is 13.1 Å². The van der Waals surface area contributed by atoms with Gasteiger partial charge in [0, 0.05) is 19.1 Å². The number of ether oxygens (including phenoxy) is 1. The van der Waals surface area contributed by atoms with Crippen LogP contribution in [0.3, 0.4) is 0 Å². The number of nitrogens with zero attached hydrogens (tertiary/aromatic N) is 1. The van der Waals surface area contributed by atoms with Crippen LogP contribution >= 0.6 is 0 Å². The molecule has 7 nitrogen and oxygen atoms in total. The van der Waals surface area contributed by atoms with Crippen LogP contribution in [0.4, 0.5) is 5.69 Å². The number of sulfonamides is 1. The molecule has 1 heterocycles. The summed E-state index contributed by atoms with van der Waals surface area (Å²) in [7, 11) is -1.95. The quantitative estimate of drug-likeness (QED) is 0.704. The average Bonchev–Trinajstić information content (AvgIpc) is 2.74. The van der Waals surface area contributed by atoms with Gasteiger partial charge in [-0.2, -0.15) is 0 Å². The van der Waals surface area contributed by atoms with E-state index in [0.717, 1.165) is 5.56 Å². The smallest absolute Gasteiger partial charge is 0.241 e. The van der Waals surface area contributed by atoms with E-state index in [2.05, 4.69) is 14.9 Å². The van der Waals surface area contributed by atoms with Crippen LogP contribution in [-0.4, -0.2) is 51.5 Å². The number of aryl methyl sites for hydroxylation is 1. The lowest BCUT2D eigenvalue weighted by atomic mass is 10.0. The van der Waals surface area contributed by atoms with Crippen molar-refractivity contribution < 1.29 is 17.9 Å². The fourth-order valence-corrected chi connectivity index (χ4v) is 4.94. The second-order valence-corrected chi connectivity index (χ2v) is 9.33. The molecule has 2 aromatic rings. The first-order chi connectivity index (χ1) is 14.3. The summed E-state index contributed by atoms with van der Waals surface area (Å²) in [6.45, 7) is 5.11. The van der Waals surface area contributed by atoms with E-state index in [9.17, 15) is 13.2 Å². The first-order valence-electron chi connectivity index (χ1n) is 10.1. The summed E-state index contributed by atoms with van der Waals surface area (Å²) in [5, 5.41) is 2.95. The Morgan fingerprint density at radius 2 is 1.80 bits per heavy atom. The van der Waals surface area contributed by atoms with E-state index < -0.39 is 10.0 Å². The van der Waals surface area contributed by atoms with Crippen molar-refractivity contribution in [3.8, 4) is 5.75 Å². The highest BCUT2D eigenvalue weighted by molar-refractivity contribution is 7.89. The third kappa shape index (κ3) is 5.38. The summed E-state index contributed by atoms with van der Waals surface area (Å²) in [5.41, 5.74) is 1.69. The number of likely N-dealkylation sites (tertiary alicyclic amines) is 1. The number of amides is 1. The zero-order chi connectivity index (χ0) is 21.7. The lowest BCUT2D eigenvalue weighted by molar-refractivity contribution is -0.121. The van der Waals surface area contributed by atoms with E-state index in [1.54, 1.807) is 37.4 Å². The molecule has 1 fully saturated rings. The first kappa shape index (κ1) is 22.3. The summed E-state index contributed by atoms with van der Waals surface area (Å²) in [4.78, 5) is 15.1. The third-order valence-corrected chi connectivity index (χ3v) is 6.98. The van der Waals surface area contributed by atoms with Crippen LogP contribution in [0, 0.1) is 6.92 Å². The van der Waals surface area contributed by atoms with Crippen molar-refractivity contribution in [2.75, 3.05) is 25.5 Å². The molecule has 162 valence electrons. The number of piperidine rings is 1. The highest BCUT2D eigenvalue weighted by Crippen LogP contribution is 2.26. The van der Waals surface area contributed by atoms with E-state index in [4.69, 9.17) is 4.74 Å². The van der Waals surface area contributed by atoms with Gasteiger partial charge in [0.1, 0.15) is 5.75 Å². The molecule has 1 amide bonds. The maximum Gasteiger partial charge on any atom is 0.241 e. The van der Waals surface area contributed by atoms with E-state index in [1.165, 1.54) is 0 Å². The fourth-order valence-electron chi connectivity index (χ4n) is 3.61. The largest absolute Gasteiger partial charge is 0.495 e. The summed E-state index contributed by atoms with van der Waals surface area (Å²) in [6.07, 6.45) is 1.30. The van der Waals surface area contributed by atoms with E-state index in [1.807, 2.05) is 32.0 Å². The number of methoxy groups -OCH3 is 1. The van der Waals surface area contributed by atoms with Gasteiger partial charge in [-0.15, -0.1) is 0 Å². The number of anilines is 1. The summed E-state index contributed by atoms with van der Waals surface area (Å²) >= 11 is 0. The van der Waals surface area contributed by atoms with Gasteiger partial charge in [0.15, 0.2) is 0 Å². The molecule has 0 bridgehead atoms. The predicted molar refractivity (Wildman–Crippen MR) is 117 cm³/mol. The van der Waals surface area contributed by atoms with Crippen LogP contribution in [0.15, 0.2) is 53.4 Å². The normalized spacial score (nSPS) is 16.8. The molecule has 3 rings (SSSR count). The summed E-state index contributed by atoms with van der Waals surface area (Å²) in [6, 6.07) is 13.6. The van der Waals surface area contributed by atoms with Gasteiger partial charge < -0.3 is 10.1 Å². The topological polar surface area (TPSA) is 87.7 Å². The molecule has 1 unspecified atom stereocenters. The molecule has 0 aliphatic carbocycles. The predicted octanol–water partition coefficient (Wildman–Crippen LogP) is 2.77. The maximum absolute atomic E-state index is 12.8. The van der Waals surface area contributed by atoms with Crippen LogP contribution in [0.25, 0.3) is 0 Å². The van der Waals surface area contributed by atoms with Crippen molar-refractivity contribution in [3.05, 3.63) is 54.1 Å². The Bertz CT molecular complexity index is 971. The third-order valence-electron chi connectivity index (χ3n) is 5.44. The number of carbonyl (C=O) groups is 1. The van der Waals surface area contributed by atoms with Crippen molar-refractivity contribution in [2.24, 2.45) is 0 Å². The monoisotopic (exact) mass is 431 g/mol. The Morgan fingerprint density at radius 1 is 1.13 bits per heavy atom. The standard InChI is InChI=1S/C22H29N3O4S/c1-16-9-10-21(29-3)20(15-16)23-22(26)17(2)25-13-11-18(12-14-25)24-30(27,28)19-7-5-4-6-8-19/h4-10,15,17-18,24H,11-14H2,1-3H3,(H,23,26). The molecule has 0 aromatic heterocycles. The number of rotatable bonds is 7. The highest BCUT2D eigenvalue weighted by atomic mass is 32.2. The molecule has 1 aliphatic rings. The van der Waals surface area contributed by atoms with Gasteiger partial charge in [-0.05, 0) is 56.5 Å². The van der Waals surface area contributed by atoms with Gasteiger partial charge in [0.25, 0.3) is 0 Å². The molecule has 0 spiro atoms. The number of hydrogen-bond donors (Lipinski definition) is 2. The second kappa shape index (κ2) is 9.59. The van der Waals surface area contributed by atoms with Gasteiger partial charge in [-0.3, -0.25) is 9.69 Å². The van der Waals surface area contributed by atoms with Crippen LogP contribution < -0.4 is 14.8 Å². The van der Waals surface area contributed by atoms with Gasteiger partial charge in [-0.1, -0.05) is 24.3 Å². The SMILES string of the molecule is COc1ccc(C)cc1NC(=O)C(C)N1CCC(NS(=O)(=O)c2ccccc2)CC1. The molecule has 8 heteroatoms. The number of benzene rings is 2. The minimum absolute atomic E-state index is 0.109. The van der Waals surface area contributed by atoms with Crippen molar-refractivity contribution in [3.63, 3.8) is 0 Å². The van der Waals surface area contributed by atoms with E-state index in [0.29, 0.717) is 37.4 Å². The lowest BCUT2D eigenvalue weighted by Crippen LogP contribution is -2.50. The molecular weight excluding hydrogens is 402 g/mol. The van der Waals surface area contributed by atoms with Crippen LogP contribution in [0.2, 0.25) is 0 Å². The van der Waals surface area contributed by atoms with Crippen LogP contribution in [0.1, 0.15) is 25.3 Å². The Hall–Kier alpha value is -2.42. The van der Waals surface area contributed by atoms with Gasteiger partial charge >= 0.3 is 0 Å². The Labute approximate surface area is 178 Å². The fraction of sp³-hybridized carbons (Fsp3) is 0.409. The average molecular weight is 432 g/mol. The van der Waals surface area contributed by atoms with Crippen molar-refractivity contribution in [1.29, 1.82) is 0 Å². The van der Waals surface area contributed by atoms with Crippen molar-refractivity contribution in [1.82, 2.24) is 9.62 Å². The molecular formula is C22H29N3O4S. The lowest BCUT2D eigenvalue weighted by Gasteiger charge is -2.35. The number of hydrogen-bond acceptors (Lipinski definition) is 5. The van der Waals surface area contributed by atoms with E-state index in [-0.39, 0.29) is 22.9 Å². The molecule has 0 radical (unpaired) electrons. The Kier molecular flexibility index (Phi) is 7.12. The minimum Gasteiger partial charge on any atom is -0.495 e. The van der Waals surface area contributed by atoms with Crippen LogP contribution in [-0.2, 0) is 14.8 Å². The number of carbonyl (C=O) groups excluding carboxylic acids is 1. The van der Waals surface area contributed by atoms with Gasteiger partial charge in [0.05, 0.1) is 23.7 Å². The molecule has 1 aliphatic heterocycles. The molecule has 2 N–H and O–H groups in total. The zero-order valence-electron chi connectivity index (χ0n) is 17.6. The Morgan fingerprint density at radius 3 is 2.43 bits per heavy atom. The van der Waals surface area contributed by atoms with Crippen molar-refractivity contribution in [2.45, 2.75) is 43.7 Å². The minimum atomic E-state index is -3.53. The molecule has 0 saturated carbocycles. The second-order valence-electron chi connectivity index (χ2n) is 7.61. The van der Waals surface area contributed by atoms with E-state index >= 15 is 0 Å². The molecule has 1 atom stereocenters.